The Hall–Kier alpha value is -3.25. The number of halogens is 2. The predicted octanol–water partition coefficient (Wildman–Crippen LogP) is 4.84. The first-order valence-electron chi connectivity index (χ1n) is 9.70. The Morgan fingerprint density at radius 1 is 0.833 bits per heavy atom. The van der Waals surface area contributed by atoms with E-state index < -0.39 is 12.7 Å². The van der Waals surface area contributed by atoms with Crippen LogP contribution in [0.15, 0.2) is 84.9 Å². The lowest BCUT2D eigenvalue weighted by atomic mass is 9.98. The minimum absolute atomic E-state index is 0.0258. The number of alkyl halides is 2. The van der Waals surface area contributed by atoms with Gasteiger partial charge >= 0.3 is 6.61 Å². The fourth-order valence-electron chi connectivity index (χ4n) is 3.16. The van der Waals surface area contributed by atoms with Crippen LogP contribution in [0.3, 0.4) is 0 Å². The molecule has 4 nitrogen and oxygen atoms in total. The predicted molar refractivity (Wildman–Crippen MR) is 112 cm³/mol. The molecule has 0 fully saturated rings. The molecular formula is C24H24F2N2O2. The molecule has 2 N–H and O–H groups in total. The fourth-order valence-corrected chi connectivity index (χ4v) is 3.16. The summed E-state index contributed by atoms with van der Waals surface area (Å²) in [5.41, 5.74) is 2.76. The number of carbonyl (C=O) groups is 1. The Morgan fingerprint density at radius 3 is 1.93 bits per heavy atom. The first-order valence-corrected chi connectivity index (χ1v) is 9.70. The highest BCUT2D eigenvalue weighted by atomic mass is 19.3. The Morgan fingerprint density at radius 2 is 1.37 bits per heavy atom. The van der Waals surface area contributed by atoms with Crippen LogP contribution in [-0.2, 0) is 4.79 Å². The van der Waals surface area contributed by atoms with Gasteiger partial charge in [0.25, 0.3) is 0 Å². The molecule has 3 aromatic rings. The molecule has 1 amide bonds. The molecule has 0 aliphatic rings. The Balaban J connectivity index is 1.69. The normalized spacial score (nSPS) is 12.9. The lowest BCUT2D eigenvalue weighted by Crippen LogP contribution is -2.37. The van der Waals surface area contributed by atoms with Crippen molar-refractivity contribution in [1.82, 2.24) is 10.6 Å². The molecule has 3 aromatic carbocycles. The number of hydrogen-bond acceptors (Lipinski definition) is 3. The molecule has 0 aromatic heterocycles. The van der Waals surface area contributed by atoms with Crippen LogP contribution in [-0.4, -0.2) is 19.1 Å². The van der Waals surface area contributed by atoms with Crippen LogP contribution in [0.25, 0.3) is 0 Å². The summed E-state index contributed by atoms with van der Waals surface area (Å²) in [4.78, 5) is 12.7. The van der Waals surface area contributed by atoms with Crippen molar-refractivity contribution in [3.05, 3.63) is 102 Å². The molecule has 2 atom stereocenters. The molecule has 0 aliphatic carbocycles. The third kappa shape index (κ3) is 6.12. The third-order valence-electron chi connectivity index (χ3n) is 4.75. The van der Waals surface area contributed by atoms with Crippen molar-refractivity contribution in [3.8, 4) is 5.75 Å². The van der Waals surface area contributed by atoms with E-state index in [9.17, 15) is 13.6 Å². The minimum Gasteiger partial charge on any atom is -0.435 e. The van der Waals surface area contributed by atoms with Crippen LogP contribution in [0, 0.1) is 0 Å². The number of nitrogens with one attached hydrogen (secondary N) is 2. The maximum absolute atomic E-state index is 12.7. The van der Waals surface area contributed by atoms with Gasteiger partial charge in [0.1, 0.15) is 5.75 Å². The lowest BCUT2D eigenvalue weighted by Gasteiger charge is -2.21. The standard InChI is InChI=1S/C24H24F2N2O2/c1-17(18-8-4-2-5-9-18)27-16-22(29)28-23(19-10-6-3-7-11-19)20-12-14-21(15-13-20)30-24(25)26/h2-15,17,23-24,27H,16H2,1H3,(H,28,29)/t17-,23-/m0/s1. The smallest absolute Gasteiger partial charge is 0.387 e. The van der Waals surface area contributed by atoms with Crippen LogP contribution in [0.4, 0.5) is 8.78 Å². The van der Waals surface area contributed by atoms with E-state index >= 15 is 0 Å². The van der Waals surface area contributed by atoms with Crippen molar-refractivity contribution in [1.29, 1.82) is 0 Å². The Kier molecular flexibility index (Phi) is 7.51. The fraction of sp³-hybridized carbons (Fsp3) is 0.208. The molecular weight excluding hydrogens is 386 g/mol. The zero-order valence-corrected chi connectivity index (χ0v) is 16.6. The van der Waals surface area contributed by atoms with Gasteiger partial charge in [0.05, 0.1) is 12.6 Å². The van der Waals surface area contributed by atoms with Gasteiger partial charge in [-0.2, -0.15) is 8.78 Å². The van der Waals surface area contributed by atoms with Crippen molar-refractivity contribution < 1.29 is 18.3 Å². The highest BCUT2D eigenvalue weighted by molar-refractivity contribution is 5.79. The van der Waals surface area contributed by atoms with Crippen LogP contribution >= 0.6 is 0 Å². The van der Waals surface area contributed by atoms with E-state index in [1.54, 1.807) is 12.1 Å². The number of hydrogen-bond donors (Lipinski definition) is 2. The van der Waals surface area contributed by atoms with E-state index in [0.717, 1.165) is 16.7 Å². The summed E-state index contributed by atoms with van der Waals surface area (Å²) < 4.78 is 29.2. The molecule has 0 aliphatic heterocycles. The number of rotatable bonds is 9. The van der Waals surface area contributed by atoms with E-state index in [2.05, 4.69) is 15.4 Å². The molecule has 0 bridgehead atoms. The van der Waals surface area contributed by atoms with Gasteiger partial charge in [-0.1, -0.05) is 72.8 Å². The first-order chi connectivity index (χ1) is 14.5. The second-order valence-electron chi connectivity index (χ2n) is 6.87. The van der Waals surface area contributed by atoms with E-state index in [1.807, 2.05) is 67.6 Å². The molecule has 0 radical (unpaired) electrons. The van der Waals surface area contributed by atoms with Crippen molar-refractivity contribution in [2.75, 3.05) is 6.54 Å². The van der Waals surface area contributed by atoms with Gasteiger partial charge in [-0.15, -0.1) is 0 Å². The summed E-state index contributed by atoms with van der Waals surface area (Å²) in [6, 6.07) is 25.3. The van der Waals surface area contributed by atoms with Crippen molar-refractivity contribution in [2.45, 2.75) is 25.6 Å². The summed E-state index contributed by atoms with van der Waals surface area (Å²) in [7, 11) is 0. The molecule has 30 heavy (non-hydrogen) atoms. The minimum atomic E-state index is -2.88. The largest absolute Gasteiger partial charge is 0.435 e. The average molecular weight is 410 g/mol. The van der Waals surface area contributed by atoms with Crippen molar-refractivity contribution in [2.24, 2.45) is 0 Å². The summed E-state index contributed by atoms with van der Waals surface area (Å²) in [6.07, 6.45) is 0. The number of carbonyl (C=O) groups excluding carboxylic acids is 1. The second kappa shape index (κ2) is 10.5. The maximum Gasteiger partial charge on any atom is 0.387 e. The zero-order valence-electron chi connectivity index (χ0n) is 16.6. The molecule has 3 rings (SSSR count). The van der Waals surface area contributed by atoms with Gasteiger partial charge in [0.2, 0.25) is 5.91 Å². The number of ether oxygens (including phenoxy) is 1. The Labute approximate surface area is 174 Å². The van der Waals surface area contributed by atoms with E-state index in [0.29, 0.717) is 0 Å². The highest BCUT2D eigenvalue weighted by Gasteiger charge is 2.18. The molecule has 0 heterocycles. The number of benzene rings is 3. The van der Waals surface area contributed by atoms with Gasteiger partial charge in [0, 0.05) is 6.04 Å². The SMILES string of the molecule is C[C@H](NCC(=O)N[C@@H](c1ccccc1)c1ccc(OC(F)F)cc1)c1ccccc1. The van der Waals surface area contributed by atoms with Gasteiger partial charge in [-0.3, -0.25) is 4.79 Å². The van der Waals surface area contributed by atoms with E-state index in [4.69, 9.17) is 0 Å². The summed E-state index contributed by atoms with van der Waals surface area (Å²) in [5, 5.41) is 6.25. The quantitative estimate of drug-likeness (QED) is 0.531. The van der Waals surface area contributed by atoms with Gasteiger partial charge in [0.15, 0.2) is 0 Å². The molecule has 0 saturated heterocycles. The summed E-state index contributed by atoms with van der Waals surface area (Å²) >= 11 is 0. The first kappa shape index (κ1) is 21.5. The van der Waals surface area contributed by atoms with Crippen molar-refractivity contribution in [3.63, 3.8) is 0 Å². The van der Waals surface area contributed by atoms with Gasteiger partial charge in [-0.25, -0.2) is 0 Å². The summed E-state index contributed by atoms with van der Waals surface area (Å²) in [5.74, 6) is -0.0928. The van der Waals surface area contributed by atoms with Gasteiger partial charge < -0.3 is 15.4 Å². The van der Waals surface area contributed by atoms with Crippen LogP contribution in [0.1, 0.15) is 35.7 Å². The maximum atomic E-state index is 12.7. The van der Waals surface area contributed by atoms with E-state index in [-0.39, 0.29) is 24.2 Å². The monoisotopic (exact) mass is 410 g/mol. The van der Waals surface area contributed by atoms with Gasteiger partial charge in [-0.05, 0) is 35.7 Å². The average Bonchev–Trinajstić information content (AvgIpc) is 2.77. The zero-order chi connectivity index (χ0) is 21.3. The van der Waals surface area contributed by atoms with E-state index in [1.165, 1.54) is 12.1 Å². The molecule has 0 spiro atoms. The lowest BCUT2D eigenvalue weighted by molar-refractivity contribution is -0.120. The summed E-state index contributed by atoms with van der Waals surface area (Å²) in [6.45, 7) is -0.733. The van der Waals surface area contributed by atoms with Crippen LogP contribution in [0.5, 0.6) is 5.75 Å². The molecule has 6 heteroatoms. The third-order valence-corrected chi connectivity index (χ3v) is 4.75. The molecule has 156 valence electrons. The topological polar surface area (TPSA) is 50.4 Å². The van der Waals surface area contributed by atoms with Crippen LogP contribution in [0.2, 0.25) is 0 Å². The molecule has 0 saturated carbocycles. The highest BCUT2D eigenvalue weighted by Crippen LogP contribution is 2.25. The molecule has 0 unspecified atom stereocenters. The number of amides is 1. The second-order valence-corrected chi connectivity index (χ2v) is 6.87. The Bertz CT molecular complexity index is 919. The van der Waals surface area contributed by atoms with Crippen LogP contribution < -0.4 is 15.4 Å². The van der Waals surface area contributed by atoms with Crippen molar-refractivity contribution >= 4 is 5.91 Å².